The van der Waals surface area contributed by atoms with Crippen molar-refractivity contribution >= 4 is 17.5 Å². The Balaban J connectivity index is 1.98. The second-order valence-electron chi connectivity index (χ2n) is 5.67. The largest absolute Gasteiger partial charge is 0.484 e. The molecule has 0 aliphatic rings. The van der Waals surface area contributed by atoms with E-state index < -0.39 is 0 Å². The van der Waals surface area contributed by atoms with E-state index in [0.29, 0.717) is 30.1 Å². The summed E-state index contributed by atoms with van der Waals surface area (Å²) in [5.41, 5.74) is 8.47. The maximum Gasteiger partial charge on any atom is 0.262 e. The van der Waals surface area contributed by atoms with Crippen LogP contribution >= 0.6 is 0 Å². The maximum atomic E-state index is 12.1. The van der Waals surface area contributed by atoms with Crippen LogP contribution in [0.3, 0.4) is 0 Å². The van der Waals surface area contributed by atoms with Crippen LogP contribution in [0.2, 0.25) is 0 Å². The first kappa shape index (κ1) is 18.5. The molecule has 6 heteroatoms. The fourth-order valence-corrected chi connectivity index (χ4v) is 2.21. The SMILES string of the molecule is Cc1ccc(OCC(=O)Nc2ccccc2C(=O)NCCN)cc1C. The number of carbonyl (C=O) groups is 2. The molecule has 0 aromatic heterocycles. The molecule has 0 saturated carbocycles. The first-order chi connectivity index (χ1) is 12.0. The minimum absolute atomic E-state index is 0.138. The van der Waals surface area contributed by atoms with Crippen molar-refractivity contribution in [2.45, 2.75) is 13.8 Å². The third-order valence-corrected chi connectivity index (χ3v) is 3.72. The molecule has 0 spiro atoms. The summed E-state index contributed by atoms with van der Waals surface area (Å²) in [5, 5.41) is 5.39. The fraction of sp³-hybridized carbons (Fsp3) is 0.263. The highest BCUT2D eigenvalue weighted by atomic mass is 16.5. The van der Waals surface area contributed by atoms with Crippen molar-refractivity contribution in [3.8, 4) is 5.75 Å². The fourth-order valence-electron chi connectivity index (χ4n) is 2.21. The Kier molecular flexibility index (Phi) is 6.54. The van der Waals surface area contributed by atoms with E-state index in [1.54, 1.807) is 24.3 Å². The summed E-state index contributed by atoms with van der Waals surface area (Å²) in [5.74, 6) is 0.0148. The third kappa shape index (κ3) is 5.32. The lowest BCUT2D eigenvalue weighted by Gasteiger charge is -2.12. The van der Waals surface area contributed by atoms with Crippen LogP contribution in [0.25, 0.3) is 0 Å². The van der Waals surface area contributed by atoms with Crippen molar-refractivity contribution in [2.75, 3.05) is 25.0 Å². The molecule has 0 fully saturated rings. The molecule has 132 valence electrons. The van der Waals surface area contributed by atoms with E-state index in [0.717, 1.165) is 11.1 Å². The molecule has 0 aliphatic heterocycles. The van der Waals surface area contributed by atoms with Crippen LogP contribution < -0.4 is 21.1 Å². The monoisotopic (exact) mass is 341 g/mol. The predicted molar refractivity (Wildman–Crippen MR) is 97.9 cm³/mol. The van der Waals surface area contributed by atoms with Crippen molar-refractivity contribution in [1.29, 1.82) is 0 Å². The topological polar surface area (TPSA) is 93.4 Å². The molecule has 0 atom stereocenters. The summed E-state index contributed by atoms with van der Waals surface area (Å²) in [6.07, 6.45) is 0. The van der Waals surface area contributed by atoms with Gasteiger partial charge in [0.05, 0.1) is 11.3 Å². The number of para-hydroxylation sites is 1. The van der Waals surface area contributed by atoms with E-state index in [1.807, 2.05) is 32.0 Å². The number of amides is 2. The van der Waals surface area contributed by atoms with Gasteiger partial charge in [0.2, 0.25) is 0 Å². The number of hydrogen-bond acceptors (Lipinski definition) is 4. The quantitative estimate of drug-likeness (QED) is 0.718. The molecule has 6 nitrogen and oxygen atoms in total. The number of ether oxygens (including phenoxy) is 1. The van der Waals surface area contributed by atoms with E-state index in [-0.39, 0.29) is 18.4 Å². The summed E-state index contributed by atoms with van der Waals surface area (Å²) in [6, 6.07) is 12.5. The van der Waals surface area contributed by atoms with Gasteiger partial charge in [0, 0.05) is 13.1 Å². The lowest BCUT2D eigenvalue weighted by molar-refractivity contribution is -0.118. The van der Waals surface area contributed by atoms with Crippen molar-refractivity contribution in [3.05, 3.63) is 59.2 Å². The molecular weight excluding hydrogens is 318 g/mol. The van der Waals surface area contributed by atoms with Gasteiger partial charge in [-0.3, -0.25) is 9.59 Å². The molecule has 0 heterocycles. The van der Waals surface area contributed by atoms with E-state index >= 15 is 0 Å². The average molecular weight is 341 g/mol. The molecule has 0 bridgehead atoms. The number of benzene rings is 2. The van der Waals surface area contributed by atoms with Gasteiger partial charge in [-0.25, -0.2) is 0 Å². The van der Waals surface area contributed by atoms with E-state index in [4.69, 9.17) is 10.5 Å². The van der Waals surface area contributed by atoms with Crippen LogP contribution in [0, 0.1) is 13.8 Å². The number of rotatable bonds is 7. The molecule has 0 aliphatic carbocycles. The van der Waals surface area contributed by atoms with E-state index in [2.05, 4.69) is 10.6 Å². The van der Waals surface area contributed by atoms with Gasteiger partial charge in [-0.2, -0.15) is 0 Å². The van der Waals surface area contributed by atoms with E-state index in [9.17, 15) is 9.59 Å². The molecule has 0 radical (unpaired) electrons. The second-order valence-corrected chi connectivity index (χ2v) is 5.67. The zero-order valence-electron chi connectivity index (χ0n) is 14.5. The van der Waals surface area contributed by atoms with Crippen LogP contribution in [0.5, 0.6) is 5.75 Å². The minimum atomic E-state index is -0.336. The highest BCUT2D eigenvalue weighted by Crippen LogP contribution is 2.17. The normalized spacial score (nSPS) is 10.2. The highest BCUT2D eigenvalue weighted by molar-refractivity contribution is 6.04. The Morgan fingerprint density at radius 2 is 1.84 bits per heavy atom. The third-order valence-electron chi connectivity index (χ3n) is 3.72. The Morgan fingerprint density at radius 1 is 1.08 bits per heavy atom. The molecule has 2 amide bonds. The molecule has 0 unspecified atom stereocenters. The number of anilines is 1. The molecule has 4 N–H and O–H groups in total. The summed E-state index contributed by atoms with van der Waals surface area (Å²) >= 11 is 0. The molecule has 0 saturated heterocycles. The van der Waals surface area contributed by atoms with Gasteiger partial charge in [-0.05, 0) is 49.2 Å². The Hall–Kier alpha value is -2.86. The lowest BCUT2D eigenvalue weighted by atomic mass is 10.1. The summed E-state index contributed by atoms with van der Waals surface area (Å²) < 4.78 is 5.51. The molecular formula is C19H23N3O3. The standard InChI is InChI=1S/C19H23N3O3/c1-13-7-8-15(11-14(13)2)25-12-18(23)22-17-6-4-3-5-16(17)19(24)21-10-9-20/h3-8,11H,9-10,12,20H2,1-2H3,(H,21,24)(H,22,23). The van der Waals surface area contributed by atoms with Crippen LogP contribution in [0.15, 0.2) is 42.5 Å². The first-order valence-electron chi connectivity index (χ1n) is 8.08. The number of hydrogen-bond donors (Lipinski definition) is 3. The second kappa shape index (κ2) is 8.84. The summed E-state index contributed by atoms with van der Waals surface area (Å²) in [6.45, 7) is 4.58. The van der Waals surface area contributed by atoms with Gasteiger partial charge >= 0.3 is 0 Å². The first-order valence-corrected chi connectivity index (χ1v) is 8.08. The molecule has 2 aromatic rings. The van der Waals surface area contributed by atoms with Gasteiger partial charge < -0.3 is 21.1 Å². The van der Waals surface area contributed by atoms with Gasteiger partial charge in [0.1, 0.15) is 5.75 Å². The van der Waals surface area contributed by atoms with Crippen LogP contribution in [0.4, 0.5) is 5.69 Å². The lowest BCUT2D eigenvalue weighted by Crippen LogP contribution is -2.30. The molecule has 25 heavy (non-hydrogen) atoms. The highest BCUT2D eigenvalue weighted by Gasteiger charge is 2.13. The average Bonchev–Trinajstić information content (AvgIpc) is 2.61. The minimum Gasteiger partial charge on any atom is -0.484 e. The van der Waals surface area contributed by atoms with Crippen LogP contribution in [0.1, 0.15) is 21.5 Å². The number of aryl methyl sites for hydroxylation is 2. The van der Waals surface area contributed by atoms with Gasteiger partial charge in [0.25, 0.3) is 11.8 Å². The van der Waals surface area contributed by atoms with Crippen molar-refractivity contribution in [3.63, 3.8) is 0 Å². The van der Waals surface area contributed by atoms with Crippen molar-refractivity contribution in [2.24, 2.45) is 5.73 Å². The summed E-state index contributed by atoms with van der Waals surface area (Å²) in [4.78, 5) is 24.2. The smallest absolute Gasteiger partial charge is 0.262 e. The number of nitrogens with two attached hydrogens (primary N) is 1. The predicted octanol–water partition coefficient (Wildman–Crippen LogP) is 2.01. The zero-order valence-corrected chi connectivity index (χ0v) is 14.5. The Morgan fingerprint density at radius 3 is 2.56 bits per heavy atom. The van der Waals surface area contributed by atoms with E-state index in [1.165, 1.54) is 0 Å². The Bertz CT molecular complexity index is 759. The number of carbonyl (C=O) groups excluding carboxylic acids is 2. The van der Waals surface area contributed by atoms with Crippen molar-refractivity contribution < 1.29 is 14.3 Å². The molecule has 2 rings (SSSR count). The van der Waals surface area contributed by atoms with Crippen molar-refractivity contribution in [1.82, 2.24) is 5.32 Å². The van der Waals surface area contributed by atoms with Gasteiger partial charge in [0.15, 0.2) is 6.61 Å². The zero-order chi connectivity index (χ0) is 18.2. The van der Waals surface area contributed by atoms with Crippen LogP contribution in [-0.2, 0) is 4.79 Å². The van der Waals surface area contributed by atoms with Crippen LogP contribution in [-0.4, -0.2) is 31.5 Å². The molecule has 2 aromatic carbocycles. The summed E-state index contributed by atoms with van der Waals surface area (Å²) in [7, 11) is 0. The van der Waals surface area contributed by atoms with Gasteiger partial charge in [-0.15, -0.1) is 0 Å². The van der Waals surface area contributed by atoms with Gasteiger partial charge in [-0.1, -0.05) is 18.2 Å². The Labute approximate surface area is 147 Å². The maximum absolute atomic E-state index is 12.1. The number of nitrogens with one attached hydrogen (secondary N) is 2.